The van der Waals surface area contributed by atoms with Gasteiger partial charge in [-0.05, 0) is 52.6 Å². The summed E-state index contributed by atoms with van der Waals surface area (Å²) in [7, 11) is 5.37. The van der Waals surface area contributed by atoms with Crippen LogP contribution < -0.4 is 5.32 Å². The van der Waals surface area contributed by atoms with E-state index < -0.39 is 5.54 Å². The maximum atomic E-state index is 11.8. The SMILES string of the molecule is CNC(C)(CN(C)C1CCC(C)CC1)C(=O)OC. The average Bonchev–Trinajstić information content (AvgIpc) is 2.38. The van der Waals surface area contributed by atoms with Crippen molar-refractivity contribution in [2.75, 3.05) is 27.7 Å². The molecule has 1 rings (SSSR count). The Balaban J connectivity index is 2.56. The lowest BCUT2D eigenvalue weighted by Gasteiger charge is -2.38. The Labute approximate surface area is 111 Å². The number of carbonyl (C=O) groups is 1. The summed E-state index contributed by atoms with van der Waals surface area (Å²) in [5.41, 5.74) is -0.618. The zero-order valence-electron chi connectivity index (χ0n) is 12.5. The first kappa shape index (κ1) is 15.4. The minimum Gasteiger partial charge on any atom is -0.468 e. The van der Waals surface area contributed by atoms with E-state index in [1.807, 2.05) is 14.0 Å². The fourth-order valence-corrected chi connectivity index (χ4v) is 2.78. The van der Waals surface area contributed by atoms with Gasteiger partial charge in [0.25, 0.3) is 0 Å². The summed E-state index contributed by atoms with van der Waals surface area (Å²) < 4.78 is 4.88. The minimum absolute atomic E-state index is 0.193. The smallest absolute Gasteiger partial charge is 0.327 e. The van der Waals surface area contributed by atoms with Gasteiger partial charge >= 0.3 is 5.97 Å². The van der Waals surface area contributed by atoms with Gasteiger partial charge in [-0.25, -0.2) is 0 Å². The lowest BCUT2D eigenvalue weighted by atomic mass is 9.86. The molecule has 0 bridgehead atoms. The number of methoxy groups -OCH3 is 1. The number of carbonyl (C=O) groups excluding carboxylic acids is 1. The van der Waals surface area contributed by atoms with Gasteiger partial charge in [0.15, 0.2) is 0 Å². The van der Waals surface area contributed by atoms with E-state index in [4.69, 9.17) is 4.74 Å². The van der Waals surface area contributed by atoms with E-state index in [0.29, 0.717) is 12.6 Å². The predicted octanol–water partition coefficient (Wildman–Crippen LogP) is 1.65. The van der Waals surface area contributed by atoms with Crippen molar-refractivity contribution in [2.45, 2.75) is 51.1 Å². The van der Waals surface area contributed by atoms with Crippen LogP contribution in [0.15, 0.2) is 0 Å². The van der Waals surface area contributed by atoms with E-state index >= 15 is 0 Å². The highest BCUT2D eigenvalue weighted by atomic mass is 16.5. The van der Waals surface area contributed by atoms with E-state index in [0.717, 1.165) is 5.92 Å². The third-order valence-corrected chi connectivity index (χ3v) is 4.36. The molecule has 1 fully saturated rings. The topological polar surface area (TPSA) is 41.6 Å². The van der Waals surface area contributed by atoms with Crippen molar-refractivity contribution in [1.29, 1.82) is 0 Å². The first-order valence-electron chi connectivity index (χ1n) is 6.90. The highest BCUT2D eigenvalue weighted by Crippen LogP contribution is 2.27. The Kier molecular flexibility index (Phi) is 5.60. The second-order valence-corrected chi connectivity index (χ2v) is 5.90. The summed E-state index contributed by atoms with van der Waals surface area (Å²) in [5.74, 6) is 0.659. The molecule has 0 spiro atoms. The summed E-state index contributed by atoms with van der Waals surface area (Å²) in [4.78, 5) is 14.1. The van der Waals surface area contributed by atoms with Crippen molar-refractivity contribution in [2.24, 2.45) is 5.92 Å². The minimum atomic E-state index is -0.618. The van der Waals surface area contributed by atoms with Crippen molar-refractivity contribution in [3.8, 4) is 0 Å². The van der Waals surface area contributed by atoms with Gasteiger partial charge in [-0.1, -0.05) is 6.92 Å². The van der Waals surface area contributed by atoms with Crippen LogP contribution in [0, 0.1) is 5.92 Å². The summed E-state index contributed by atoms with van der Waals surface area (Å²) >= 11 is 0. The largest absolute Gasteiger partial charge is 0.468 e. The lowest BCUT2D eigenvalue weighted by molar-refractivity contribution is -0.148. The van der Waals surface area contributed by atoms with Gasteiger partial charge in [0.2, 0.25) is 0 Å². The molecule has 18 heavy (non-hydrogen) atoms. The number of nitrogens with one attached hydrogen (secondary N) is 1. The monoisotopic (exact) mass is 256 g/mol. The van der Waals surface area contributed by atoms with Gasteiger partial charge in [-0.3, -0.25) is 4.79 Å². The molecule has 0 aromatic carbocycles. The van der Waals surface area contributed by atoms with E-state index in [1.54, 1.807) is 0 Å². The summed E-state index contributed by atoms with van der Waals surface area (Å²) in [6.45, 7) is 4.92. The second kappa shape index (κ2) is 6.53. The van der Waals surface area contributed by atoms with Gasteiger partial charge in [0.1, 0.15) is 5.54 Å². The third-order valence-electron chi connectivity index (χ3n) is 4.36. The van der Waals surface area contributed by atoms with Gasteiger partial charge in [0, 0.05) is 12.6 Å². The van der Waals surface area contributed by atoms with E-state index in [-0.39, 0.29) is 5.97 Å². The van der Waals surface area contributed by atoms with Crippen LogP contribution >= 0.6 is 0 Å². The molecule has 0 aromatic heterocycles. The second-order valence-electron chi connectivity index (χ2n) is 5.90. The predicted molar refractivity (Wildman–Crippen MR) is 73.5 cm³/mol. The molecule has 1 aliphatic carbocycles. The molecule has 1 unspecified atom stereocenters. The van der Waals surface area contributed by atoms with Crippen LogP contribution in [0.5, 0.6) is 0 Å². The standard InChI is InChI=1S/C14H28N2O2/c1-11-6-8-12(9-7-11)16(4)10-14(2,15-3)13(17)18-5/h11-12,15H,6-10H2,1-5H3. The number of hydrogen-bond acceptors (Lipinski definition) is 4. The number of esters is 1. The molecule has 106 valence electrons. The maximum Gasteiger partial charge on any atom is 0.327 e. The van der Waals surface area contributed by atoms with E-state index in [2.05, 4.69) is 24.2 Å². The normalized spacial score (nSPS) is 27.9. The quantitative estimate of drug-likeness (QED) is 0.759. The van der Waals surface area contributed by atoms with Crippen LogP contribution in [0.4, 0.5) is 0 Å². The zero-order valence-corrected chi connectivity index (χ0v) is 12.5. The molecule has 0 heterocycles. The lowest BCUT2D eigenvalue weighted by Crippen LogP contribution is -2.57. The zero-order chi connectivity index (χ0) is 13.8. The molecule has 1 N–H and O–H groups in total. The molecule has 0 aliphatic heterocycles. The van der Waals surface area contributed by atoms with Gasteiger partial charge in [-0.15, -0.1) is 0 Å². The average molecular weight is 256 g/mol. The van der Waals surface area contributed by atoms with Crippen molar-refractivity contribution in [1.82, 2.24) is 10.2 Å². The van der Waals surface area contributed by atoms with Crippen LogP contribution in [0.1, 0.15) is 39.5 Å². The molecule has 0 radical (unpaired) electrons. The number of hydrogen-bond donors (Lipinski definition) is 1. The van der Waals surface area contributed by atoms with Crippen molar-refractivity contribution >= 4 is 5.97 Å². The fourth-order valence-electron chi connectivity index (χ4n) is 2.78. The number of rotatable bonds is 5. The Bertz CT molecular complexity index is 275. The molecular weight excluding hydrogens is 228 g/mol. The van der Waals surface area contributed by atoms with Gasteiger partial charge in [-0.2, -0.15) is 0 Å². The first-order valence-corrected chi connectivity index (χ1v) is 6.90. The number of ether oxygens (including phenoxy) is 1. The molecular formula is C14H28N2O2. The Hall–Kier alpha value is -0.610. The third kappa shape index (κ3) is 3.69. The van der Waals surface area contributed by atoms with Crippen LogP contribution in [0.2, 0.25) is 0 Å². The summed E-state index contributed by atoms with van der Waals surface area (Å²) in [6, 6.07) is 0.596. The first-order chi connectivity index (χ1) is 8.42. The van der Waals surface area contributed by atoms with E-state index in [9.17, 15) is 4.79 Å². The van der Waals surface area contributed by atoms with Crippen LogP contribution in [0.3, 0.4) is 0 Å². The Morgan fingerprint density at radius 2 is 1.94 bits per heavy atom. The molecule has 0 amide bonds. The molecule has 4 heteroatoms. The van der Waals surface area contributed by atoms with Gasteiger partial charge in [0.05, 0.1) is 7.11 Å². The van der Waals surface area contributed by atoms with Crippen molar-refractivity contribution in [3.63, 3.8) is 0 Å². The van der Waals surface area contributed by atoms with Crippen LogP contribution in [-0.2, 0) is 9.53 Å². The molecule has 1 saturated carbocycles. The van der Waals surface area contributed by atoms with Crippen molar-refractivity contribution < 1.29 is 9.53 Å². The molecule has 4 nitrogen and oxygen atoms in total. The van der Waals surface area contributed by atoms with Gasteiger partial charge < -0.3 is 15.0 Å². The van der Waals surface area contributed by atoms with Crippen LogP contribution in [0.25, 0.3) is 0 Å². The Morgan fingerprint density at radius 3 is 2.39 bits per heavy atom. The molecule has 1 atom stereocenters. The highest BCUT2D eigenvalue weighted by molar-refractivity contribution is 5.80. The number of nitrogens with zero attached hydrogens (tertiary/aromatic N) is 1. The molecule has 1 aliphatic rings. The maximum absolute atomic E-state index is 11.8. The molecule has 0 aromatic rings. The fraction of sp³-hybridized carbons (Fsp3) is 0.929. The van der Waals surface area contributed by atoms with E-state index in [1.165, 1.54) is 32.8 Å². The summed E-state index contributed by atoms with van der Waals surface area (Å²) in [6.07, 6.45) is 5.06. The highest BCUT2D eigenvalue weighted by Gasteiger charge is 2.35. The Morgan fingerprint density at radius 1 is 1.39 bits per heavy atom. The van der Waals surface area contributed by atoms with Crippen LogP contribution in [-0.4, -0.2) is 50.2 Å². The van der Waals surface area contributed by atoms with Crippen molar-refractivity contribution in [3.05, 3.63) is 0 Å². The summed E-state index contributed by atoms with van der Waals surface area (Å²) in [5, 5.41) is 3.09. The molecule has 0 saturated heterocycles. The number of likely N-dealkylation sites (N-methyl/N-ethyl adjacent to an activating group) is 2.